The lowest BCUT2D eigenvalue weighted by Gasteiger charge is -2.13. The molecule has 0 bridgehead atoms. The molecule has 5 heteroatoms. The average Bonchev–Trinajstić information content (AvgIpc) is 2.37. The third-order valence-corrected chi connectivity index (χ3v) is 4.60. The zero-order chi connectivity index (χ0) is 15.6. The van der Waals surface area contributed by atoms with Crippen LogP contribution in [-0.4, -0.2) is 8.42 Å². The molecule has 0 fully saturated rings. The number of hydrogen-bond donors (Lipinski definition) is 0. The molecule has 0 saturated heterocycles. The van der Waals surface area contributed by atoms with Crippen LogP contribution in [0.25, 0.3) is 0 Å². The highest BCUT2D eigenvalue weighted by Gasteiger charge is 2.23. The van der Waals surface area contributed by atoms with Gasteiger partial charge in [-0.3, -0.25) is 0 Å². The molecule has 4 nitrogen and oxygen atoms in total. The van der Waals surface area contributed by atoms with Crippen molar-refractivity contribution in [2.45, 2.75) is 25.7 Å². The van der Waals surface area contributed by atoms with Crippen molar-refractivity contribution in [1.82, 2.24) is 0 Å². The minimum absolute atomic E-state index is 0.0411. The molecule has 108 valence electrons. The van der Waals surface area contributed by atoms with Gasteiger partial charge in [0, 0.05) is 0 Å². The Hall–Kier alpha value is -2.32. The summed E-state index contributed by atoms with van der Waals surface area (Å²) in [6, 6.07) is 11.8. The number of aryl methyl sites for hydroxylation is 3. The van der Waals surface area contributed by atoms with Crippen molar-refractivity contribution in [2.75, 3.05) is 0 Å². The minimum Gasteiger partial charge on any atom is -0.378 e. The Labute approximate surface area is 124 Å². The molecular weight excluding hydrogens is 286 g/mol. The second kappa shape index (κ2) is 5.58. The van der Waals surface area contributed by atoms with Crippen molar-refractivity contribution in [1.29, 1.82) is 5.26 Å². The highest BCUT2D eigenvalue weighted by molar-refractivity contribution is 7.87. The van der Waals surface area contributed by atoms with Crippen LogP contribution in [0.3, 0.4) is 0 Å². The van der Waals surface area contributed by atoms with Crippen molar-refractivity contribution >= 4 is 10.1 Å². The van der Waals surface area contributed by atoms with E-state index in [0.717, 1.165) is 5.56 Å². The topological polar surface area (TPSA) is 67.2 Å². The molecule has 0 spiro atoms. The van der Waals surface area contributed by atoms with Crippen LogP contribution in [0.5, 0.6) is 5.75 Å². The maximum atomic E-state index is 12.5. The van der Waals surface area contributed by atoms with Gasteiger partial charge in [-0.05, 0) is 44.0 Å². The van der Waals surface area contributed by atoms with E-state index in [4.69, 9.17) is 9.44 Å². The van der Waals surface area contributed by atoms with Gasteiger partial charge in [-0.1, -0.05) is 29.8 Å². The lowest BCUT2D eigenvalue weighted by atomic mass is 10.1. The molecule has 0 aromatic heterocycles. The molecule has 0 amide bonds. The molecule has 2 aromatic rings. The van der Waals surface area contributed by atoms with E-state index in [0.29, 0.717) is 11.1 Å². The highest BCUT2D eigenvalue weighted by Crippen LogP contribution is 2.27. The largest absolute Gasteiger partial charge is 0.378 e. The van der Waals surface area contributed by atoms with Crippen LogP contribution in [0.2, 0.25) is 0 Å². The predicted molar refractivity (Wildman–Crippen MR) is 79.6 cm³/mol. The zero-order valence-electron chi connectivity index (χ0n) is 12.0. The second-order valence-electron chi connectivity index (χ2n) is 4.87. The molecule has 0 aliphatic rings. The van der Waals surface area contributed by atoms with E-state index >= 15 is 0 Å². The second-order valence-corrected chi connectivity index (χ2v) is 6.36. The van der Waals surface area contributed by atoms with E-state index in [1.54, 1.807) is 38.1 Å². The Morgan fingerprint density at radius 2 is 1.62 bits per heavy atom. The fourth-order valence-electron chi connectivity index (χ4n) is 2.35. The first kappa shape index (κ1) is 15.1. The minimum atomic E-state index is -3.98. The number of rotatable bonds is 3. The van der Waals surface area contributed by atoms with Crippen LogP contribution in [0.15, 0.2) is 41.3 Å². The molecule has 0 unspecified atom stereocenters. The van der Waals surface area contributed by atoms with Crippen LogP contribution in [0.4, 0.5) is 0 Å². The Bertz CT molecular complexity index is 810. The van der Waals surface area contributed by atoms with Gasteiger partial charge in [-0.15, -0.1) is 0 Å². The standard InChI is InChI=1S/C16H15NO3S/c1-11-8-12(2)16(13(3)9-11)21(18,19)20-15-7-5-4-6-14(15)10-17/h4-9H,1-3H3. The SMILES string of the molecule is Cc1cc(C)c(S(=O)(=O)Oc2ccccc2C#N)c(C)c1. The van der Waals surface area contributed by atoms with E-state index < -0.39 is 10.1 Å². The third kappa shape index (κ3) is 3.06. The summed E-state index contributed by atoms with van der Waals surface area (Å²) < 4.78 is 30.1. The van der Waals surface area contributed by atoms with Crippen LogP contribution >= 0.6 is 0 Å². The van der Waals surface area contributed by atoms with Crippen molar-refractivity contribution in [3.05, 3.63) is 58.7 Å². The summed E-state index contributed by atoms with van der Waals surface area (Å²) >= 11 is 0. The molecule has 0 heterocycles. The molecule has 0 aliphatic carbocycles. The molecule has 0 atom stereocenters. The van der Waals surface area contributed by atoms with Gasteiger partial charge in [-0.2, -0.15) is 13.7 Å². The first-order valence-electron chi connectivity index (χ1n) is 6.36. The van der Waals surface area contributed by atoms with Gasteiger partial charge in [0.1, 0.15) is 11.0 Å². The first-order valence-corrected chi connectivity index (χ1v) is 7.77. The van der Waals surface area contributed by atoms with Gasteiger partial charge in [0.2, 0.25) is 0 Å². The molecular formula is C16H15NO3S. The van der Waals surface area contributed by atoms with Crippen molar-refractivity contribution in [3.8, 4) is 11.8 Å². The molecule has 0 N–H and O–H groups in total. The molecule has 2 rings (SSSR count). The number of hydrogen-bond acceptors (Lipinski definition) is 4. The molecule has 0 radical (unpaired) electrons. The quantitative estimate of drug-likeness (QED) is 0.816. The fraction of sp³-hybridized carbons (Fsp3) is 0.188. The Balaban J connectivity index is 2.52. The van der Waals surface area contributed by atoms with E-state index in [-0.39, 0.29) is 16.2 Å². The number of nitrogens with zero attached hydrogens (tertiary/aromatic N) is 1. The van der Waals surface area contributed by atoms with E-state index in [1.807, 2.05) is 13.0 Å². The van der Waals surface area contributed by atoms with Gasteiger partial charge < -0.3 is 4.18 Å². The van der Waals surface area contributed by atoms with Crippen molar-refractivity contribution < 1.29 is 12.6 Å². The summed E-state index contributed by atoms with van der Waals surface area (Å²) in [5.41, 5.74) is 2.42. The molecule has 2 aromatic carbocycles. The first-order chi connectivity index (χ1) is 9.85. The summed E-state index contributed by atoms with van der Waals surface area (Å²) in [6.07, 6.45) is 0. The van der Waals surface area contributed by atoms with E-state index in [1.165, 1.54) is 12.1 Å². The van der Waals surface area contributed by atoms with E-state index in [9.17, 15) is 8.42 Å². The number of para-hydroxylation sites is 1. The molecule has 21 heavy (non-hydrogen) atoms. The van der Waals surface area contributed by atoms with Crippen LogP contribution in [-0.2, 0) is 10.1 Å². The fourth-order valence-corrected chi connectivity index (χ4v) is 3.72. The predicted octanol–water partition coefficient (Wildman–Crippen LogP) is 3.25. The normalized spacial score (nSPS) is 11.0. The third-order valence-electron chi connectivity index (χ3n) is 3.06. The lowest BCUT2D eigenvalue weighted by molar-refractivity contribution is 0.484. The lowest BCUT2D eigenvalue weighted by Crippen LogP contribution is -2.14. The monoisotopic (exact) mass is 301 g/mol. The van der Waals surface area contributed by atoms with Crippen molar-refractivity contribution in [3.63, 3.8) is 0 Å². The van der Waals surface area contributed by atoms with Gasteiger partial charge in [0.25, 0.3) is 0 Å². The van der Waals surface area contributed by atoms with Crippen LogP contribution < -0.4 is 4.18 Å². The highest BCUT2D eigenvalue weighted by atomic mass is 32.2. The van der Waals surface area contributed by atoms with Gasteiger partial charge >= 0.3 is 10.1 Å². The Kier molecular flexibility index (Phi) is 4.01. The van der Waals surface area contributed by atoms with Gasteiger partial charge in [0.05, 0.1) is 5.56 Å². The molecule has 0 aliphatic heterocycles. The molecule has 0 saturated carbocycles. The zero-order valence-corrected chi connectivity index (χ0v) is 12.9. The average molecular weight is 301 g/mol. The van der Waals surface area contributed by atoms with Crippen LogP contribution in [0, 0.1) is 32.1 Å². The maximum Gasteiger partial charge on any atom is 0.339 e. The Morgan fingerprint density at radius 1 is 1.05 bits per heavy atom. The number of benzene rings is 2. The summed E-state index contributed by atoms with van der Waals surface area (Å²) in [6.45, 7) is 5.36. The summed E-state index contributed by atoms with van der Waals surface area (Å²) in [5.74, 6) is 0.0411. The van der Waals surface area contributed by atoms with Gasteiger partial charge in [-0.25, -0.2) is 0 Å². The smallest absolute Gasteiger partial charge is 0.339 e. The van der Waals surface area contributed by atoms with E-state index in [2.05, 4.69) is 0 Å². The number of nitriles is 1. The summed E-state index contributed by atoms with van der Waals surface area (Å²) in [5, 5.41) is 9.01. The summed E-state index contributed by atoms with van der Waals surface area (Å²) in [7, 11) is -3.98. The van der Waals surface area contributed by atoms with Crippen LogP contribution in [0.1, 0.15) is 22.3 Å². The summed E-state index contributed by atoms with van der Waals surface area (Å²) in [4.78, 5) is 0.154. The Morgan fingerprint density at radius 3 is 2.19 bits per heavy atom. The maximum absolute atomic E-state index is 12.5. The van der Waals surface area contributed by atoms with Gasteiger partial charge in [0.15, 0.2) is 5.75 Å². The van der Waals surface area contributed by atoms with Crippen molar-refractivity contribution in [2.24, 2.45) is 0 Å².